The molecule has 0 saturated carbocycles. The Morgan fingerprint density at radius 3 is 2.67 bits per heavy atom. The molecule has 2 N–H and O–H groups in total. The molecule has 2 aromatic heterocycles. The van der Waals surface area contributed by atoms with Crippen molar-refractivity contribution in [2.75, 3.05) is 13.6 Å². The van der Waals surface area contributed by atoms with Gasteiger partial charge in [0.15, 0.2) is 0 Å². The van der Waals surface area contributed by atoms with Gasteiger partial charge in [-0.05, 0) is 53.9 Å². The molecule has 0 aliphatic heterocycles. The maximum absolute atomic E-state index is 13.2. The number of hydrogen-bond acceptors (Lipinski definition) is 3. The predicted octanol–water partition coefficient (Wildman–Crippen LogP) is 3.63. The van der Waals surface area contributed by atoms with E-state index in [9.17, 15) is 14.3 Å². The second-order valence-corrected chi connectivity index (χ2v) is 7.63. The first kappa shape index (κ1) is 20.1. The molecule has 0 bridgehead atoms. The molecule has 0 radical (unpaired) electrons. The number of para-hydroxylation sites is 1. The molecule has 6 heteroatoms. The first-order valence-electron chi connectivity index (χ1n) is 9.87. The molecule has 0 saturated heterocycles. The summed E-state index contributed by atoms with van der Waals surface area (Å²) in [6.07, 6.45) is 3.03. The summed E-state index contributed by atoms with van der Waals surface area (Å²) in [4.78, 5) is 17.0. The molecule has 0 fully saturated rings. The van der Waals surface area contributed by atoms with E-state index in [0.717, 1.165) is 22.0 Å². The molecule has 2 heterocycles. The van der Waals surface area contributed by atoms with Crippen molar-refractivity contribution in [3.63, 3.8) is 0 Å². The summed E-state index contributed by atoms with van der Waals surface area (Å²) in [7, 11) is 1.88. The number of nitrogens with one attached hydrogen (secondary N) is 1. The number of rotatable bonds is 7. The Kier molecular flexibility index (Phi) is 5.79. The lowest BCUT2D eigenvalue weighted by Crippen LogP contribution is -2.33. The minimum absolute atomic E-state index is 0.168. The average Bonchev–Trinajstić information content (AvgIpc) is 3.13. The van der Waals surface area contributed by atoms with Crippen LogP contribution in [0.4, 0.5) is 4.39 Å². The van der Waals surface area contributed by atoms with Crippen LogP contribution in [0.1, 0.15) is 5.56 Å². The van der Waals surface area contributed by atoms with Crippen molar-refractivity contribution in [2.24, 2.45) is 0 Å². The van der Waals surface area contributed by atoms with Gasteiger partial charge >= 0.3 is 0 Å². The SMILES string of the molecule is CN(Cc1cc(-c2ccc(F)cc2)c[nH]c1=O)C[C@H](O)Cn1ccc2ccccc21. The van der Waals surface area contributed by atoms with Crippen LogP contribution in [0.3, 0.4) is 0 Å². The van der Waals surface area contributed by atoms with Gasteiger partial charge in [0.05, 0.1) is 6.10 Å². The van der Waals surface area contributed by atoms with Crippen molar-refractivity contribution < 1.29 is 9.50 Å². The first-order valence-corrected chi connectivity index (χ1v) is 9.87. The fourth-order valence-corrected chi connectivity index (χ4v) is 3.76. The Balaban J connectivity index is 1.43. The molecule has 30 heavy (non-hydrogen) atoms. The number of aromatic amines is 1. The lowest BCUT2D eigenvalue weighted by molar-refractivity contribution is 0.108. The summed E-state index contributed by atoms with van der Waals surface area (Å²) in [5.41, 5.74) is 3.16. The number of H-pyrrole nitrogens is 1. The van der Waals surface area contributed by atoms with Crippen LogP contribution in [0, 0.1) is 5.82 Å². The second-order valence-electron chi connectivity index (χ2n) is 7.63. The fraction of sp³-hybridized carbons (Fsp3) is 0.208. The zero-order valence-electron chi connectivity index (χ0n) is 16.8. The largest absolute Gasteiger partial charge is 0.390 e. The summed E-state index contributed by atoms with van der Waals surface area (Å²) in [5.74, 6) is -0.299. The van der Waals surface area contributed by atoms with Crippen molar-refractivity contribution in [2.45, 2.75) is 19.2 Å². The van der Waals surface area contributed by atoms with Gasteiger partial charge in [-0.15, -0.1) is 0 Å². The molecule has 154 valence electrons. The van der Waals surface area contributed by atoms with Gasteiger partial charge in [-0.25, -0.2) is 4.39 Å². The number of benzene rings is 2. The highest BCUT2D eigenvalue weighted by molar-refractivity contribution is 5.79. The topological polar surface area (TPSA) is 61.3 Å². The maximum atomic E-state index is 13.2. The number of halogens is 1. The Hall–Kier alpha value is -3.22. The number of aliphatic hydroxyl groups is 1. The van der Waals surface area contributed by atoms with Crippen LogP contribution in [0.25, 0.3) is 22.0 Å². The third-order valence-electron chi connectivity index (χ3n) is 5.21. The second kappa shape index (κ2) is 8.65. The van der Waals surface area contributed by atoms with E-state index < -0.39 is 6.10 Å². The van der Waals surface area contributed by atoms with Gasteiger partial charge in [-0.2, -0.15) is 0 Å². The lowest BCUT2D eigenvalue weighted by atomic mass is 10.1. The average molecular weight is 405 g/mol. The molecule has 4 aromatic rings. The normalized spacial score (nSPS) is 12.5. The molecule has 4 rings (SSSR count). The van der Waals surface area contributed by atoms with Crippen molar-refractivity contribution in [1.29, 1.82) is 0 Å². The summed E-state index contributed by atoms with van der Waals surface area (Å²) >= 11 is 0. The molecule has 0 unspecified atom stereocenters. The number of hydrogen-bond donors (Lipinski definition) is 2. The highest BCUT2D eigenvalue weighted by Gasteiger charge is 2.13. The lowest BCUT2D eigenvalue weighted by Gasteiger charge is -2.21. The minimum atomic E-state index is -0.579. The number of aromatic nitrogens is 2. The Morgan fingerprint density at radius 1 is 1.10 bits per heavy atom. The smallest absolute Gasteiger partial charge is 0.252 e. The summed E-state index contributed by atoms with van der Waals surface area (Å²) < 4.78 is 15.2. The highest BCUT2D eigenvalue weighted by atomic mass is 19.1. The van der Waals surface area contributed by atoms with Crippen LogP contribution in [-0.2, 0) is 13.1 Å². The Bertz CT molecular complexity index is 1200. The van der Waals surface area contributed by atoms with E-state index in [1.54, 1.807) is 18.3 Å². The quantitative estimate of drug-likeness (QED) is 0.494. The van der Waals surface area contributed by atoms with Crippen molar-refractivity contribution in [3.05, 3.63) is 94.8 Å². The molecule has 2 aromatic carbocycles. The van der Waals surface area contributed by atoms with Crippen molar-refractivity contribution in [1.82, 2.24) is 14.5 Å². The molecule has 5 nitrogen and oxygen atoms in total. The van der Waals surface area contributed by atoms with E-state index >= 15 is 0 Å². The van der Waals surface area contributed by atoms with Gasteiger partial charge in [0, 0.05) is 43.1 Å². The van der Waals surface area contributed by atoms with E-state index in [-0.39, 0.29) is 11.4 Å². The summed E-state index contributed by atoms with van der Waals surface area (Å²) in [6.45, 7) is 1.30. The maximum Gasteiger partial charge on any atom is 0.252 e. The molecule has 1 atom stereocenters. The van der Waals surface area contributed by atoms with E-state index in [4.69, 9.17) is 0 Å². The van der Waals surface area contributed by atoms with Gasteiger partial charge < -0.3 is 14.7 Å². The van der Waals surface area contributed by atoms with E-state index in [0.29, 0.717) is 25.2 Å². The van der Waals surface area contributed by atoms with Gasteiger partial charge in [0.25, 0.3) is 5.56 Å². The van der Waals surface area contributed by atoms with Crippen LogP contribution >= 0.6 is 0 Å². The van der Waals surface area contributed by atoms with Crippen LogP contribution < -0.4 is 5.56 Å². The zero-order valence-corrected chi connectivity index (χ0v) is 16.8. The molecule has 0 amide bonds. The number of fused-ring (bicyclic) bond motifs is 1. The van der Waals surface area contributed by atoms with Crippen molar-refractivity contribution in [3.8, 4) is 11.1 Å². The third kappa shape index (κ3) is 4.50. The summed E-state index contributed by atoms with van der Waals surface area (Å²) in [6, 6.07) is 18.1. The number of nitrogens with zero attached hydrogens (tertiary/aromatic N) is 2. The van der Waals surface area contributed by atoms with Gasteiger partial charge in [-0.1, -0.05) is 30.3 Å². The standard InChI is InChI=1S/C24H24FN3O2/c1-27(15-22(29)16-28-11-10-18-4-2-3-5-23(18)28)14-20-12-19(13-26-24(20)30)17-6-8-21(25)9-7-17/h2-13,22,29H,14-16H2,1H3,(H,26,30)/t22-/m0/s1. The molecule has 0 spiro atoms. The van der Waals surface area contributed by atoms with E-state index in [1.807, 2.05) is 59.1 Å². The first-order chi connectivity index (χ1) is 14.5. The number of likely N-dealkylation sites (N-methyl/N-ethyl adjacent to an activating group) is 1. The van der Waals surface area contributed by atoms with E-state index in [1.165, 1.54) is 12.1 Å². The summed E-state index contributed by atoms with van der Waals surface area (Å²) in [5, 5.41) is 11.7. The predicted molar refractivity (Wildman–Crippen MR) is 117 cm³/mol. The molecular weight excluding hydrogens is 381 g/mol. The Labute approximate surface area is 174 Å². The van der Waals surface area contributed by atoms with Crippen LogP contribution in [-0.4, -0.2) is 39.3 Å². The van der Waals surface area contributed by atoms with Crippen LogP contribution in [0.2, 0.25) is 0 Å². The zero-order chi connectivity index (χ0) is 21.1. The monoisotopic (exact) mass is 405 g/mol. The van der Waals surface area contributed by atoms with Crippen molar-refractivity contribution >= 4 is 10.9 Å². The van der Waals surface area contributed by atoms with Gasteiger partial charge in [-0.3, -0.25) is 9.69 Å². The molecule has 0 aliphatic rings. The molecular formula is C24H24FN3O2. The number of pyridine rings is 1. The van der Waals surface area contributed by atoms with E-state index in [2.05, 4.69) is 4.98 Å². The third-order valence-corrected chi connectivity index (χ3v) is 5.21. The molecule has 0 aliphatic carbocycles. The number of aliphatic hydroxyl groups excluding tert-OH is 1. The van der Waals surface area contributed by atoms with Gasteiger partial charge in [0.2, 0.25) is 0 Å². The highest BCUT2D eigenvalue weighted by Crippen LogP contribution is 2.19. The minimum Gasteiger partial charge on any atom is -0.390 e. The van der Waals surface area contributed by atoms with Gasteiger partial charge in [0.1, 0.15) is 5.82 Å². The van der Waals surface area contributed by atoms with Crippen LogP contribution in [0.5, 0.6) is 0 Å². The Morgan fingerprint density at radius 2 is 1.87 bits per heavy atom. The fourth-order valence-electron chi connectivity index (χ4n) is 3.76. The van der Waals surface area contributed by atoms with Crippen LogP contribution in [0.15, 0.2) is 77.9 Å².